The lowest BCUT2D eigenvalue weighted by atomic mass is 10.1. The van der Waals surface area contributed by atoms with Gasteiger partial charge in [-0.1, -0.05) is 0 Å². The highest BCUT2D eigenvalue weighted by Gasteiger charge is 2.29. The SMILES string of the molecule is Cc1nc([C@H]2CCCN2c2cc(N3CCSCC3)ncn2)cs1. The highest BCUT2D eigenvalue weighted by molar-refractivity contribution is 7.99. The zero-order valence-corrected chi connectivity index (χ0v) is 14.9. The predicted molar refractivity (Wildman–Crippen MR) is 97.7 cm³/mol. The van der Waals surface area contributed by atoms with Crippen molar-refractivity contribution in [1.29, 1.82) is 0 Å². The van der Waals surface area contributed by atoms with Crippen LogP contribution >= 0.6 is 23.1 Å². The standard InChI is InChI=1S/C16H21N5S2/c1-12-19-13(10-23-12)14-3-2-4-21(14)16-9-15(17-11-18-16)20-5-7-22-8-6-20/h9-11,14H,2-8H2,1H3/t14-/m1/s1. The van der Waals surface area contributed by atoms with Crippen molar-refractivity contribution < 1.29 is 0 Å². The molecule has 2 aliphatic heterocycles. The summed E-state index contributed by atoms with van der Waals surface area (Å²) in [5.74, 6) is 4.48. The molecule has 0 bridgehead atoms. The summed E-state index contributed by atoms with van der Waals surface area (Å²) in [6.07, 6.45) is 4.07. The van der Waals surface area contributed by atoms with E-state index in [-0.39, 0.29) is 0 Å². The van der Waals surface area contributed by atoms with Gasteiger partial charge in [0.05, 0.1) is 16.7 Å². The highest BCUT2D eigenvalue weighted by Crippen LogP contribution is 2.36. The molecule has 0 amide bonds. The molecule has 2 fully saturated rings. The van der Waals surface area contributed by atoms with Gasteiger partial charge in [0.1, 0.15) is 18.0 Å². The molecule has 0 unspecified atom stereocenters. The van der Waals surface area contributed by atoms with E-state index in [0.29, 0.717) is 6.04 Å². The molecule has 2 saturated heterocycles. The largest absolute Gasteiger partial charge is 0.355 e. The second-order valence-electron chi connectivity index (χ2n) is 5.98. The van der Waals surface area contributed by atoms with Crippen molar-refractivity contribution in [2.75, 3.05) is 40.9 Å². The topological polar surface area (TPSA) is 45.2 Å². The van der Waals surface area contributed by atoms with Crippen molar-refractivity contribution in [2.45, 2.75) is 25.8 Å². The zero-order valence-electron chi connectivity index (χ0n) is 13.3. The number of aryl methyl sites for hydroxylation is 1. The third-order valence-electron chi connectivity index (χ3n) is 4.50. The molecular formula is C16H21N5S2. The second kappa shape index (κ2) is 6.65. The molecule has 2 aromatic rings. The molecule has 0 aromatic carbocycles. The molecule has 7 heteroatoms. The fraction of sp³-hybridized carbons (Fsp3) is 0.562. The van der Waals surface area contributed by atoms with Gasteiger partial charge in [-0.15, -0.1) is 11.3 Å². The molecular weight excluding hydrogens is 326 g/mol. The molecule has 0 N–H and O–H groups in total. The van der Waals surface area contributed by atoms with Crippen molar-refractivity contribution in [3.8, 4) is 0 Å². The first-order valence-electron chi connectivity index (χ1n) is 8.15. The summed E-state index contributed by atoms with van der Waals surface area (Å²) in [6.45, 7) is 5.28. The van der Waals surface area contributed by atoms with E-state index in [2.05, 4.69) is 38.1 Å². The van der Waals surface area contributed by atoms with E-state index >= 15 is 0 Å². The number of aromatic nitrogens is 3. The molecule has 0 radical (unpaired) electrons. The minimum absolute atomic E-state index is 0.361. The van der Waals surface area contributed by atoms with Crippen LogP contribution in [0.2, 0.25) is 0 Å². The second-order valence-corrected chi connectivity index (χ2v) is 8.26. The van der Waals surface area contributed by atoms with E-state index in [0.717, 1.165) is 42.7 Å². The molecule has 0 saturated carbocycles. The molecule has 4 heterocycles. The van der Waals surface area contributed by atoms with Crippen LogP contribution in [0, 0.1) is 6.92 Å². The average Bonchev–Trinajstić information content (AvgIpc) is 3.24. The Bertz CT molecular complexity index is 668. The van der Waals surface area contributed by atoms with Gasteiger partial charge in [0.2, 0.25) is 0 Å². The minimum Gasteiger partial charge on any atom is -0.355 e. The highest BCUT2D eigenvalue weighted by atomic mass is 32.2. The Kier molecular flexibility index (Phi) is 4.39. The summed E-state index contributed by atoms with van der Waals surface area (Å²) in [4.78, 5) is 18.5. The number of anilines is 2. The summed E-state index contributed by atoms with van der Waals surface area (Å²) >= 11 is 3.75. The lowest BCUT2D eigenvalue weighted by molar-refractivity contribution is 0.689. The number of nitrogens with zero attached hydrogens (tertiary/aromatic N) is 5. The number of thiazole rings is 1. The first kappa shape index (κ1) is 15.2. The summed E-state index contributed by atoms with van der Waals surface area (Å²) in [5.41, 5.74) is 1.19. The van der Waals surface area contributed by atoms with E-state index in [1.54, 1.807) is 17.7 Å². The van der Waals surface area contributed by atoms with Crippen LogP contribution in [-0.2, 0) is 0 Å². The summed E-state index contributed by atoms with van der Waals surface area (Å²) in [7, 11) is 0. The van der Waals surface area contributed by atoms with E-state index in [4.69, 9.17) is 4.98 Å². The van der Waals surface area contributed by atoms with Crippen LogP contribution in [0.1, 0.15) is 29.6 Å². The van der Waals surface area contributed by atoms with Crippen LogP contribution in [0.5, 0.6) is 0 Å². The van der Waals surface area contributed by atoms with Crippen molar-refractivity contribution in [2.24, 2.45) is 0 Å². The fourth-order valence-electron chi connectivity index (χ4n) is 3.34. The van der Waals surface area contributed by atoms with Crippen molar-refractivity contribution in [1.82, 2.24) is 15.0 Å². The minimum atomic E-state index is 0.361. The Hall–Kier alpha value is -1.34. The molecule has 5 nitrogen and oxygen atoms in total. The van der Waals surface area contributed by atoms with Gasteiger partial charge < -0.3 is 9.80 Å². The van der Waals surface area contributed by atoms with E-state index in [1.807, 2.05) is 11.8 Å². The summed E-state index contributed by atoms with van der Waals surface area (Å²) in [5, 5.41) is 3.34. The normalized spacial score (nSPS) is 21.9. The van der Waals surface area contributed by atoms with Crippen molar-refractivity contribution in [3.05, 3.63) is 28.5 Å². The number of hydrogen-bond donors (Lipinski definition) is 0. The Balaban J connectivity index is 1.59. The van der Waals surface area contributed by atoms with E-state index < -0.39 is 0 Å². The van der Waals surface area contributed by atoms with Gasteiger partial charge in [-0.2, -0.15) is 11.8 Å². The van der Waals surface area contributed by atoms with Crippen molar-refractivity contribution >= 4 is 34.7 Å². The van der Waals surface area contributed by atoms with Crippen LogP contribution in [-0.4, -0.2) is 46.1 Å². The van der Waals surface area contributed by atoms with Gasteiger partial charge in [0.15, 0.2) is 0 Å². The molecule has 122 valence electrons. The molecule has 0 spiro atoms. The third kappa shape index (κ3) is 3.17. The number of rotatable bonds is 3. The molecule has 1 atom stereocenters. The Morgan fingerprint density at radius 1 is 1.13 bits per heavy atom. The maximum absolute atomic E-state index is 4.70. The lowest BCUT2D eigenvalue weighted by Gasteiger charge is -2.29. The first-order chi connectivity index (χ1) is 11.3. The molecule has 4 rings (SSSR count). The molecule has 0 aliphatic carbocycles. The van der Waals surface area contributed by atoms with Crippen molar-refractivity contribution in [3.63, 3.8) is 0 Å². The van der Waals surface area contributed by atoms with Gasteiger partial charge in [-0.25, -0.2) is 15.0 Å². The maximum atomic E-state index is 4.70. The van der Waals surface area contributed by atoms with Gasteiger partial charge in [0, 0.05) is 42.6 Å². The molecule has 2 aliphatic rings. The Morgan fingerprint density at radius 3 is 2.74 bits per heavy atom. The quantitative estimate of drug-likeness (QED) is 0.850. The third-order valence-corrected chi connectivity index (χ3v) is 6.23. The monoisotopic (exact) mass is 347 g/mol. The average molecular weight is 348 g/mol. The Morgan fingerprint density at radius 2 is 1.96 bits per heavy atom. The van der Waals surface area contributed by atoms with Gasteiger partial charge in [0.25, 0.3) is 0 Å². The number of hydrogen-bond acceptors (Lipinski definition) is 7. The maximum Gasteiger partial charge on any atom is 0.134 e. The van der Waals surface area contributed by atoms with Crippen LogP contribution in [0.3, 0.4) is 0 Å². The zero-order chi connectivity index (χ0) is 15.6. The Labute approximate surface area is 145 Å². The van der Waals surface area contributed by atoms with E-state index in [1.165, 1.54) is 23.6 Å². The van der Waals surface area contributed by atoms with Crippen LogP contribution in [0.4, 0.5) is 11.6 Å². The summed E-state index contributed by atoms with van der Waals surface area (Å²) in [6, 6.07) is 2.52. The molecule has 23 heavy (non-hydrogen) atoms. The smallest absolute Gasteiger partial charge is 0.134 e. The number of thioether (sulfide) groups is 1. The van der Waals surface area contributed by atoms with Crippen LogP contribution < -0.4 is 9.80 Å². The lowest BCUT2D eigenvalue weighted by Crippen LogP contribution is -2.33. The van der Waals surface area contributed by atoms with Crippen LogP contribution in [0.15, 0.2) is 17.8 Å². The van der Waals surface area contributed by atoms with Gasteiger partial charge >= 0.3 is 0 Å². The van der Waals surface area contributed by atoms with Crippen LogP contribution in [0.25, 0.3) is 0 Å². The molecule has 2 aromatic heterocycles. The summed E-state index contributed by atoms with van der Waals surface area (Å²) < 4.78 is 0. The van der Waals surface area contributed by atoms with Gasteiger partial charge in [-0.05, 0) is 19.8 Å². The van der Waals surface area contributed by atoms with Gasteiger partial charge in [-0.3, -0.25) is 0 Å². The fourth-order valence-corrected chi connectivity index (χ4v) is 4.90. The first-order valence-corrected chi connectivity index (χ1v) is 10.2. The predicted octanol–water partition coefficient (Wildman–Crippen LogP) is 3.14. The van der Waals surface area contributed by atoms with E-state index in [9.17, 15) is 0 Å².